The third-order valence-electron chi connectivity index (χ3n) is 3.57. The molecule has 0 amide bonds. The summed E-state index contributed by atoms with van der Waals surface area (Å²) in [6.07, 6.45) is 1.17. The van der Waals surface area contributed by atoms with Crippen LogP contribution in [0.1, 0.15) is 25.8 Å². The predicted molar refractivity (Wildman–Crippen MR) is 74.1 cm³/mol. The summed E-state index contributed by atoms with van der Waals surface area (Å²) in [6, 6.07) is 4.80. The SMILES string of the molecule is CC1CC(C)CN(c2cccc(F)c2C(N)=NO)C1. The summed E-state index contributed by atoms with van der Waals surface area (Å²) in [7, 11) is 0. The predicted octanol–water partition coefficient (Wildman–Crippen LogP) is 2.40. The second-order valence-corrected chi connectivity index (χ2v) is 5.47. The van der Waals surface area contributed by atoms with Gasteiger partial charge in [-0.3, -0.25) is 0 Å². The molecule has 1 aliphatic heterocycles. The van der Waals surface area contributed by atoms with Crippen LogP contribution in [-0.4, -0.2) is 24.1 Å². The number of rotatable bonds is 2. The minimum absolute atomic E-state index is 0.182. The van der Waals surface area contributed by atoms with E-state index in [1.165, 1.54) is 12.5 Å². The second kappa shape index (κ2) is 5.47. The summed E-state index contributed by atoms with van der Waals surface area (Å²) in [6.45, 7) is 6.09. The van der Waals surface area contributed by atoms with Gasteiger partial charge >= 0.3 is 0 Å². The van der Waals surface area contributed by atoms with Gasteiger partial charge in [0.05, 0.1) is 11.3 Å². The summed E-state index contributed by atoms with van der Waals surface area (Å²) in [5.41, 5.74) is 6.49. The highest BCUT2D eigenvalue weighted by atomic mass is 19.1. The minimum atomic E-state index is -0.460. The van der Waals surface area contributed by atoms with E-state index >= 15 is 0 Å². The van der Waals surface area contributed by atoms with Crippen LogP contribution in [0.25, 0.3) is 0 Å². The Hall–Kier alpha value is -1.78. The highest BCUT2D eigenvalue weighted by molar-refractivity contribution is 6.02. The topological polar surface area (TPSA) is 61.8 Å². The fraction of sp³-hybridized carbons (Fsp3) is 0.500. The van der Waals surface area contributed by atoms with E-state index in [0.717, 1.165) is 13.1 Å². The van der Waals surface area contributed by atoms with Crippen molar-refractivity contribution in [3.05, 3.63) is 29.6 Å². The largest absolute Gasteiger partial charge is 0.409 e. The number of nitrogens with zero attached hydrogens (tertiary/aromatic N) is 2. The average Bonchev–Trinajstić information content (AvgIpc) is 2.36. The van der Waals surface area contributed by atoms with Crippen molar-refractivity contribution in [1.82, 2.24) is 0 Å². The van der Waals surface area contributed by atoms with Gasteiger partial charge in [-0.25, -0.2) is 4.39 Å². The van der Waals surface area contributed by atoms with Crippen LogP contribution in [0.2, 0.25) is 0 Å². The maximum absolute atomic E-state index is 13.9. The Balaban J connectivity index is 2.41. The number of piperidine rings is 1. The van der Waals surface area contributed by atoms with Crippen molar-refractivity contribution in [3.8, 4) is 0 Å². The lowest BCUT2D eigenvalue weighted by atomic mass is 9.91. The molecule has 0 saturated carbocycles. The molecule has 19 heavy (non-hydrogen) atoms. The van der Waals surface area contributed by atoms with Gasteiger partial charge in [0.15, 0.2) is 5.84 Å². The fourth-order valence-corrected chi connectivity index (χ4v) is 2.94. The molecule has 1 aromatic rings. The zero-order valence-electron chi connectivity index (χ0n) is 11.3. The van der Waals surface area contributed by atoms with Gasteiger partial charge in [0.25, 0.3) is 0 Å². The standard InChI is InChI=1S/C14H20FN3O/c1-9-6-10(2)8-18(7-9)12-5-3-4-11(15)13(12)14(16)17-19/h3-5,9-10,19H,6-8H2,1-2H3,(H2,16,17). The molecule has 104 valence electrons. The Labute approximate surface area is 112 Å². The number of oxime groups is 1. The molecule has 1 aromatic carbocycles. The van der Waals surface area contributed by atoms with Gasteiger partial charge in [-0.1, -0.05) is 25.1 Å². The van der Waals surface area contributed by atoms with E-state index in [2.05, 4.69) is 23.9 Å². The van der Waals surface area contributed by atoms with Gasteiger partial charge in [0.1, 0.15) is 5.82 Å². The van der Waals surface area contributed by atoms with Gasteiger partial charge in [-0.15, -0.1) is 0 Å². The van der Waals surface area contributed by atoms with Crippen molar-refractivity contribution < 1.29 is 9.60 Å². The van der Waals surface area contributed by atoms with E-state index in [4.69, 9.17) is 10.9 Å². The van der Waals surface area contributed by atoms with E-state index in [1.807, 2.05) is 6.07 Å². The first kappa shape index (κ1) is 13.6. The Kier molecular flexibility index (Phi) is 3.93. The number of hydrogen-bond donors (Lipinski definition) is 2. The van der Waals surface area contributed by atoms with Crippen LogP contribution < -0.4 is 10.6 Å². The Morgan fingerprint density at radius 3 is 2.58 bits per heavy atom. The van der Waals surface area contributed by atoms with Gasteiger partial charge in [0, 0.05) is 13.1 Å². The Bertz CT molecular complexity index is 480. The van der Waals surface area contributed by atoms with Crippen LogP contribution in [0.3, 0.4) is 0 Å². The van der Waals surface area contributed by atoms with Gasteiger partial charge < -0.3 is 15.8 Å². The first-order valence-electron chi connectivity index (χ1n) is 6.54. The average molecular weight is 265 g/mol. The van der Waals surface area contributed by atoms with Crippen LogP contribution in [0.4, 0.5) is 10.1 Å². The molecule has 1 fully saturated rings. The van der Waals surface area contributed by atoms with Crippen molar-refractivity contribution >= 4 is 11.5 Å². The molecule has 5 heteroatoms. The molecular formula is C14H20FN3O. The molecule has 1 saturated heterocycles. The van der Waals surface area contributed by atoms with Gasteiger partial charge in [-0.05, 0) is 30.4 Å². The highest BCUT2D eigenvalue weighted by Gasteiger charge is 2.25. The van der Waals surface area contributed by atoms with E-state index in [9.17, 15) is 4.39 Å². The lowest BCUT2D eigenvalue weighted by molar-refractivity contribution is 0.318. The molecule has 3 N–H and O–H groups in total. The molecule has 0 aliphatic carbocycles. The minimum Gasteiger partial charge on any atom is -0.409 e. The van der Waals surface area contributed by atoms with Crippen molar-refractivity contribution in [1.29, 1.82) is 0 Å². The summed E-state index contributed by atoms with van der Waals surface area (Å²) in [5, 5.41) is 11.8. The fourth-order valence-electron chi connectivity index (χ4n) is 2.94. The summed E-state index contributed by atoms with van der Waals surface area (Å²) < 4.78 is 13.9. The van der Waals surface area contributed by atoms with Crippen molar-refractivity contribution in [2.45, 2.75) is 20.3 Å². The number of benzene rings is 1. The zero-order chi connectivity index (χ0) is 14.0. The van der Waals surface area contributed by atoms with E-state index in [1.54, 1.807) is 6.07 Å². The molecule has 2 unspecified atom stereocenters. The Morgan fingerprint density at radius 2 is 2.00 bits per heavy atom. The Morgan fingerprint density at radius 1 is 1.37 bits per heavy atom. The molecule has 2 atom stereocenters. The third-order valence-corrected chi connectivity index (χ3v) is 3.57. The van der Waals surface area contributed by atoms with Crippen LogP contribution >= 0.6 is 0 Å². The maximum Gasteiger partial charge on any atom is 0.175 e. The van der Waals surface area contributed by atoms with Crippen LogP contribution in [0.5, 0.6) is 0 Å². The number of halogens is 1. The molecule has 0 aromatic heterocycles. The number of amidine groups is 1. The molecular weight excluding hydrogens is 245 g/mol. The highest BCUT2D eigenvalue weighted by Crippen LogP contribution is 2.29. The van der Waals surface area contributed by atoms with Gasteiger partial charge in [0.2, 0.25) is 0 Å². The monoisotopic (exact) mass is 265 g/mol. The molecule has 1 heterocycles. The first-order valence-corrected chi connectivity index (χ1v) is 6.54. The van der Waals surface area contributed by atoms with Gasteiger partial charge in [-0.2, -0.15) is 0 Å². The van der Waals surface area contributed by atoms with Crippen LogP contribution in [0, 0.1) is 17.7 Å². The number of nitrogens with two attached hydrogens (primary N) is 1. The quantitative estimate of drug-likeness (QED) is 0.373. The molecule has 0 bridgehead atoms. The first-order chi connectivity index (χ1) is 9.02. The van der Waals surface area contributed by atoms with E-state index in [-0.39, 0.29) is 11.4 Å². The maximum atomic E-state index is 13.9. The summed E-state index contributed by atoms with van der Waals surface area (Å²) >= 11 is 0. The van der Waals surface area contributed by atoms with E-state index in [0.29, 0.717) is 17.5 Å². The molecule has 0 spiro atoms. The smallest absolute Gasteiger partial charge is 0.175 e. The molecule has 2 rings (SSSR count). The van der Waals surface area contributed by atoms with Crippen molar-refractivity contribution in [2.75, 3.05) is 18.0 Å². The second-order valence-electron chi connectivity index (χ2n) is 5.47. The van der Waals surface area contributed by atoms with E-state index < -0.39 is 5.82 Å². The normalized spacial score (nSPS) is 24.6. The molecule has 0 radical (unpaired) electrons. The lowest BCUT2D eigenvalue weighted by Crippen LogP contribution is -2.40. The zero-order valence-corrected chi connectivity index (χ0v) is 11.3. The molecule has 1 aliphatic rings. The number of anilines is 1. The summed E-state index contributed by atoms with van der Waals surface area (Å²) in [5.74, 6) is 0.456. The van der Waals surface area contributed by atoms with Crippen molar-refractivity contribution in [2.24, 2.45) is 22.7 Å². The van der Waals surface area contributed by atoms with Crippen LogP contribution in [-0.2, 0) is 0 Å². The number of hydrogen-bond acceptors (Lipinski definition) is 3. The van der Waals surface area contributed by atoms with Crippen LogP contribution in [0.15, 0.2) is 23.4 Å². The van der Waals surface area contributed by atoms with Crippen molar-refractivity contribution in [3.63, 3.8) is 0 Å². The third kappa shape index (κ3) is 2.80. The lowest BCUT2D eigenvalue weighted by Gasteiger charge is -2.37. The summed E-state index contributed by atoms with van der Waals surface area (Å²) in [4.78, 5) is 2.12. The molecule has 4 nitrogen and oxygen atoms in total.